The molecule has 0 heterocycles. The fourth-order valence-electron chi connectivity index (χ4n) is 2.74. The Hall–Kier alpha value is -2.95. The van der Waals surface area contributed by atoms with Crippen molar-refractivity contribution < 1.29 is 37.0 Å². The van der Waals surface area contributed by atoms with E-state index in [9.17, 15) is 22.8 Å². The minimum atomic E-state index is -4.98. The standard InChI is InChI=1S/C22H24BrF3N2O5/c1-21(2,3)33-20(30)27-12-17(13-6-5-7-15(10-13)31-4)28-19(29)16-11-14(23)8-9-18(16)32-22(24,25)26/h5-11,17H,12H2,1-4H3,(H,27,30)(H,28,29). The van der Waals surface area contributed by atoms with Gasteiger partial charge >= 0.3 is 12.5 Å². The lowest BCUT2D eigenvalue weighted by atomic mass is 10.1. The summed E-state index contributed by atoms with van der Waals surface area (Å²) in [6.07, 6.45) is -5.69. The maximum Gasteiger partial charge on any atom is 0.573 e. The van der Waals surface area contributed by atoms with Crippen LogP contribution in [-0.4, -0.2) is 37.6 Å². The number of methoxy groups -OCH3 is 1. The van der Waals surface area contributed by atoms with Crippen LogP contribution in [0.25, 0.3) is 0 Å². The van der Waals surface area contributed by atoms with Gasteiger partial charge in [0.2, 0.25) is 0 Å². The molecule has 2 rings (SSSR count). The second-order valence-electron chi connectivity index (χ2n) is 7.87. The number of hydrogen-bond donors (Lipinski definition) is 2. The number of ether oxygens (including phenoxy) is 3. The Morgan fingerprint density at radius 2 is 1.79 bits per heavy atom. The van der Waals surface area contributed by atoms with E-state index < -0.39 is 35.8 Å². The summed E-state index contributed by atoms with van der Waals surface area (Å²) in [7, 11) is 1.47. The maximum absolute atomic E-state index is 13.0. The van der Waals surface area contributed by atoms with Crippen LogP contribution in [0.5, 0.6) is 11.5 Å². The van der Waals surface area contributed by atoms with Crippen molar-refractivity contribution in [2.24, 2.45) is 0 Å². The summed E-state index contributed by atoms with van der Waals surface area (Å²) >= 11 is 3.15. The van der Waals surface area contributed by atoms with Crippen LogP contribution in [0.2, 0.25) is 0 Å². The predicted molar refractivity (Wildman–Crippen MR) is 118 cm³/mol. The fourth-order valence-corrected chi connectivity index (χ4v) is 3.10. The van der Waals surface area contributed by atoms with Crippen molar-refractivity contribution in [3.8, 4) is 11.5 Å². The minimum Gasteiger partial charge on any atom is -0.497 e. The number of benzene rings is 2. The fraction of sp³-hybridized carbons (Fsp3) is 0.364. The van der Waals surface area contributed by atoms with Crippen molar-refractivity contribution in [3.05, 3.63) is 58.1 Å². The summed E-state index contributed by atoms with van der Waals surface area (Å²) in [6, 6.07) is 9.42. The highest BCUT2D eigenvalue weighted by Gasteiger charge is 2.33. The highest BCUT2D eigenvalue weighted by Crippen LogP contribution is 2.29. The average Bonchev–Trinajstić information content (AvgIpc) is 2.70. The number of halogens is 4. The van der Waals surface area contributed by atoms with Gasteiger partial charge in [0.05, 0.1) is 18.7 Å². The molecular weight excluding hydrogens is 509 g/mol. The monoisotopic (exact) mass is 532 g/mol. The van der Waals surface area contributed by atoms with Gasteiger partial charge in [0.1, 0.15) is 17.1 Å². The second-order valence-corrected chi connectivity index (χ2v) is 8.79. The number of carbonyl (C=O) groups is 2. The van der Waals surface area contributed by atoms with E-state index >= 15 is 0 Å². The van der Waals surface area contributed by atoms with Crippen molar-refractivity contribution >= 4 is 27.9 Å². The molecule has 0 fully saturated rings. The first-order valence-corrected chi connectivity index (χ1v) is 10.5. The topological polar surface area (TPSA) is 85.9 Å². The summed E-state index contributed by atoms with van der Waals surface area (Å²) in [6.45, 7) is 4.99. The molecule has 0 aromatic heterocycles. The van der Waals surface area contributed by atoms with Crippen molar-refractivity contribution in [2.45, 2.75) is 38.8 Å². The molecule has 0 radical (unpaired) electrons. The van der Waals surface area contributed by atoms with E-state index in [2.05, 4.69) is 31.3 Å². The molecule has 0 aliphatic heterocycles. The summed E-state index contributed by atoms with van der Waals surface area (Å²) in [4.78, 5) is 25.1. The molecule has 2 aromatic carbocycles. The van der Waals surface area contributed by atoms with Crippen LogP contribution in [0.15, 0.2) is 46.9 Å². The van der Waals surface area contributed by atoms with Crippen molar-refractivity contribution in [1.82, 2.24) is 10.6 Å². The SMILES string of the molecule is COc1cccc(C(CNC(=O)OC(C)(C)C)NC(=O)c2cc(Br)ccc2OC(F)(F)F)c1. The first kappa shape index (κ1) is 26.3. The zero-order valence-electron chi connectivity index (χ0n) is 18.4. The average molecular weight is 533 g/mol. The normalized spacial score (nSPS) is 12.5. The molecule has 2 aromatic rings. The highest BCUT2D eigenvalue weighted by molar-refractivity contribution is 9.10. The molecule has 0 spiro atoms. The maximum atomic E-state index is 13.0. The van der Waals surface area contributed by atoms with Crippen LogP contribution in [0.4, 0.5) is 18.0 Å². The molecule has 1 unspecified atom stereocenters. The van der Waals surface area contributed by atoms with Crippen molar-refractivity contribution in [2.75, 3.05) is 13.7 Å². The smallest absolute Gasteiger partial charge is 0.497 e. The van der Waals surface area contributed by atoms with Gasteiger partial charge in [-0.05, 0) is 56.7 Å². The van der Waals surface area contributed by atoms with Crippen LogP contribution in [0.3, 0.4) is 0 Å². The van der Waals surface area contributed by atoms with Crippen LogP contribution >= 0.6 is 15.9 Å². The number of alkyl halides is 3. The molecule has 1 atom stereocenters. The minimum absolute atomic E-state index is 0.0999. The third kappa shape index (κ3) is 8.83. The zero-order chi connectivity index (χ0) is 24.8. The lowest BCUT2D eigenvalue weighted by Crippen LogP contribution is -2.40. The van der Waals surface area contributed by atoms with Gasteiger partial charge in [-0.3, -0.25) is 4.79 Å². The molecule has 2 N–H and O–H groups in total. The summed E-state index contributed by atoms with van der Waals surface area (Å²) in [5.74, 6) is -1.00. The molecule has 11 heteroatoms. The van der Waals surface area contributed by atoms with Crippen LogP contribution in [-0.2, 0) is 4.74 Å². The number of carbonyl (C=O) groups excluding carboxylic acids is 2. The van der Waals surface area contributed by atoms with E-state index in [4.69, 9.17) is 9.47 Å². The zero-order valence-corrected chi connectivity index (χ0v) is 20.0. The van der Waals surface area contributed by atoms with E-state index in [-0.39, 0.29) is 12.1 Å². The van der Waals surface area contributed by atoms with Gasteiger partial charge in [0.15, 0.2) is 0 Å². The van der Waals surface area contributed by atoms with E-state index in [1.165, 1.54) is 19.2 Å². The predicted octanol–water partition coefficient (Wildman–Crippen LogP) is 5.35. The Labute approximate surface area is 197 Å². The second kappa shape index (κ2) is 10.8. The van der Waals surface area contributed by atoms with Crippen molar-refractivity contribution in [1.29, 1.82) is 0 Å². The van der Waals surface area contributed by atoms with Gasteiger partial charge in [0.25, 0.3) is 5.91 Å². The van der Waals surface area contributed by atoms with Gasteiger partial charge in [-0.1, -0.05) is 28.1 Å². The van der Waals surface area contributed by atoms with Gasteiger partial charge in [0, 0.05) is 11.0 Å². The summed E-state index contributed by atoms with van der Waals surface area (Å²) in [5, 5.41) is 5.20. The van der Waals surface area contributed by atoms with Crippen LogP contribution < -0.4 is 20.1 Å². The van der Waals surface area contributed by atoms with Crippen LogP contribution in [0, 0.1) is 0 Å². The Balaban J connectivity index is 2.31. The molecule has 33 heavy (non-hydrogen) atoms. The number of alkyl carbamates (subject to hydrolysis) is 1. The van der Waals surface area contributed by atoms with Gasteiger partial charge in [-0.15, -0.1) is 13.2 Å². The Morgan fingerprint density at radius 1 is 1.09 bits per heavy atom. The molecule has 2 amide bonds. The summed E-state index contributed by atoms with van der Waals surface area (Å²) < 4.78 is 53.2. The molecule has 0 saturated carbocycles. The number of nitrogens with one attached hydrogen (secondary N) is 2. The molecule has 7 nitrogen and oxygen atoms in total. The third-order valence-electron chi connectivity index (χ3n) is 4.06. The molecular formula is C22H24BrF3N2O5. The van der Waals surface area contributed by atoms with E-state index in [0.717, 1.165) is 6.07 Å². The van der Waals surface area contributed by atoms with Crippen molar-refractivity contribution in [3.63, 3.8) is 0 Å². The first-order chi connectivity index (χ1) is 15.3. The molecule has 0 aliphatic carbocycles. The van der Waals surface area contributed by atoms with E-state index in [1.807, 2.05) is 0 Å². The lowest BCUT2D eigenvalue weighted by molar-refractivity contribution is -0.274. The third-order valence-corrected chi connectivity index (χ3v) is 4.56. The Kier molecular flexibility index (Phi) is 8.59. The van der Waals surface area contributed by atoms with E-state index in [1.54, 1.807) is 45.0 Å². The molecule has 0 saturated heterocycles. The lowest BCUT2D eigenvalue weighted by Gasteiger charge is -2.23. The van der Waals surface area contributed by atoms with Crippen LogP contribution in [0.1, 0.15) is 42.7 Å². The number of rotatable bonds is 7. The largest absolute Gasteiger partial charge is 0.573 e. The van der Waals surface area contributed by atoms with Gasteiger partial charge < -0.3 is 24.8 Å². The number of hydrogen-bond acceptors (Lipinski definition) is 5. The molecule has 0 aliphatic rings. The Bertz CT molecular complexity index is 993. The highest BCUT2D eigenvalue weighted by atomic mass is 79.9. The van der Waals surface area contributed by atoms with E-state index in [0.29, 0.717) is 15.8 Å². The number of amides is 2. The molecule has 0 bridgehead atoms. The molecule has 180 valence electrons. The first-order valence-electron chi connectivity index (χ1n) is 9.74. The summed E-state index contributed by atoms with van der Waals surface area (Å²) in [5.41, 5.74) is -0.530. The van der Waals surface area contributed by atoms with Gasteiger partial charge in [-0.2, -0.15) is 0 Å². The quantitative estimate of drug-likeness (QED) is 0.501. The Morgan fingerprint density at radius 3 is 2.39 bits per heavy atom. The van der Waals surface area contributed by atoms with Gasteiger partial charge in [-0.25, -0.2) is 4.79 Å².